The summed E-state index contributed by atoms with van der Waals surface area (Å²) in [7, 11) is -2.02. The third-order valence-corrected chi connectivity index (χ3v) is 6.21. The lowest BCUT2D eigenvalue weighted by Crippen LogP contribution is -2.45. The number of nitrogens with one attached hydrogen (secondary N) is 1. The topological polar surface area (TPSA) is 179 Å². The maximum atomic E-state index is 12.7. The van der Waals surface area contributed by atoms with E-state index < -0.39 is 73.2 Å². The van der Waals surface area contributed by atoms with E-state index in [-0.39, 0.29) is 0 Å². The molecule has 1 N–H and O–H groups in total. The molecule has 32 heavy (non-hydrogen) atoms. The Bertz CT molecular complexity index is 1040. The number of hydrogen-bond donors (Lipinski definition) is 1. The van der Waals surface area contributed by atoms with Gasteiger partial charge in [-0.3, -0.25) is 33.3 Å². The number of carbonyl (C=O) groups excluding carboxylic acids is 3. The van der Waals surface area contributed by atoms with Crippen molar-refractivity contribution in [1.29, 1.82) is 0 Å². The van der Waals surface area contributed by atoms with Crippen molar-refractivity contribution in [3.63, 3.8) is 0 Å². The fraction of sp³-hybridized carbons (Fsp3) is 0.588. The van der Waals surface area contributed by atoms with Gasteiger partial charge in [0.2, 0.25) is 0 Å². The quantitative estimate of drug-likeness (QED) is 0.273. The van der Waals surface area contributed by atoms with Gasteiger partial charge in [-0.2, -0.15) is 0 Å². The molecule has 1 aromatic rings. The predicted octanol–water partition coefficient (Wildman–Crippen LogP) is -1.03. The highest BCUT2D eigenvalue weighted by molar-refractivity contribution is 7.62. The van der Waals surface area contributed by atoms with E-state index in [9.17, 15) is 28.5 Å². The van der Waals surface area contributed by atoms with Crippen LogP contribution in [-0.4, -0.2) is 66.6 Å². The lowest BCUT2D eigenvalue weighted by atomic mass is 10.1. The van der Waals surface area contributed by atoms with Crippen molar-refractivity contribution in [2.75, 3.05) is 20.8 Å². The summed E-state index contributed by atoms with van der Waals surface area (Å²) in [5, 5.41) is -0.528. The van der Waals surface area contributed by atoms with Crippen LogP contribution in [0.15, 0.2) is 15.8 Å². The maximum Gasteiger partial charge on any atom is 0.367 e. The summed E-state index contributed by atoms with van der Waals surface area (Å²) in [5.74, 6) is -2.22. The lowest BCUT2D eigenvalue weighted by Gasteiger charge is -2.24. The van der Waals surface area contributed by atoms with Crippen molar-refractivity contribution in [1.82, 2.24) is 9.55 Å². The number of nitrogens with zero attached hydrogens (tertiary/aromatic N) is 1. The van der Waals surface area contributed by atoms with Crippen molar-refractivity contribution >= 4 is 30.8 Å². The number of aromatic nitrogens is 2. The molecule has 0 spiro atoms. The first-order valence-corrected chi connectivity index (χ1v) is 10.7. The Morgan fingerprint density at radius 1 is 1.03 bits per heavy atom. The van der Waals surface area contributed by atoms with Gasteiger partial charge in [0.05, 0.1) is 0 Å². The molecule has 0 bridgehead atoms. The third kappa shape index (κ3) is 5.51. The smallest absolute Gasteiger partial charge is 0.367 e. The zero-order valence-electron chi connectivity index (χ0n) is 17.9. The van der Waals surface area contributed by atoms with Gasteiger partial charge >= 0.3 is 31.2 Å². The fourth-order valence-corrected chi connectivity index (χ4v) is 4.16. The van der Waals surface area contributed by atoms with Gasteiger partial charge in [0.1, 0.15) is 18.0 Å². The van der Waals surface area contributed by atoms with E-state index in [1.165, 1.54) is 0 Å². The maximum absolute atomic E-state index is 12.7. The number of aromatic amines is 1. The highest BCUT2D eigenvalue weighted by Crippen LogP contribution is 2.44. The molecule has 178 valence electrons. The highest BCUT2D eigenvalue weighted by Gasteiger charge is 2.51. The minimum absolute atomic E-state index is 0.402. The van der Waals surface area contributed by atoms with Gasteiger partial charge in [-0.1, -0.05) is 0 Å². The molecule has 1 aromatic heterocycles. The Kier molecular flexibility index (Phi) is 8.13. The van der Waals surface area contributed by atoms with E-state index in [1.807, 2.05) is 4.98 Å². The Morgan fingerprint density at radius 3 is 2.09 bits per heavy atom. The van der Waals surface area contributed by atoms with Gasteiger partial charge < -0.3 is 28.0 Å². The van der Waals surface area contributed by atoms with Crippen LogP contribution in [-0.2, 0) is 46.9 Å². The largest absolute Gasteiger partial charge is 0.463 e. The number of carbonyl (C=O) groups is 3. The van der Waals surface area contributed by atoms with E-state index in [1.54, 1.807) is 0 Å². The standard InChI is InChI=1S/C17H23N2O12P/c1-8(20)28-7-11-13(29-9(2)21)14(30-10(3)22)16(31-11)19-6-12(15(23)18-17(19)24)32(25,26-4)27-5/h6,11,13-14,16H,7H2,1-5H3,(H,18,23,24)/t11-,13-,14-,16-/m1/s1. The summed E-state index contributed by atoms with van der Waals surface area (Å²) in [4.78, 5) is 61.3. The zero-order valence-corrected chi connectivity index (χ0v) is 18.8. The van der Waals surface area contributed by atoms with Gasteiger partial charge in [-0.25, -0.2) is 4.79 Å². The summed E-state index contributed by atoms with van der Waals surface area (Å²) in [6.07, 6.45) is -4.41. The van der Waals surface area contributed by atoms with Crippen molar-refractivity contribution < 1.29 is 46.9 Å². The number of esters is 3. The molecule has 0 unspecified atom stereocenters. The molecule has 1 aliphatic rings. The first kappa shape index (κ1) is 25.5. The van der Waals surface area contributed by atoms with E-state index >= 15 is 0 Å². The molecule has 1 aliphatic heterocycles. The molecule has 0 amide bonds. The van der Waals surface area contributed by atoms with Crippen LogP contribution >= 0.6 is 7.60 Å². The average Bonchev–Trinajstić information content (AvgIpc) is 3.01. The second-order valence-electron chi connectivity index (χ2n) is 6.56. The van der Waals surface area contributed by atoms with Crippen LogP contribution in [0.3, 0.4) is 0 Å². The second-order valence-corrected chi connectivity index (χ2v) is 8.77. The molecule has 2 rings (SSSR count). The lowest BCUT2D eigenvalue weighted by molar-refractivity contribution is -0.166. The zero-order chi connectivity index (χ0) is 24.2. The van der Waals surface area contributed by atoms with Crippen molar-refractivity contribution in [3.8, 4) is 0 Å². The van der Waals surface area contributed by atoms with Crippen molar-refractivity contribution in [3.05, 3.63) is 27.0 Å². The molecule has 4 atom stereocenters. The molecule has 1 fully saturated rings. The molecule has 0 aromatic carbocycles. The normalized spacial score (nSPS) is 22.9. The predicted molar refractivity (Wildman–Crippen MR) is 104 cm³/mol. The summed E-state index contributed by atoms with van der Waals surface area (Å²) < 4.78 is 44.2. The minimum Gasteiger partial charge on any atom is -0.463 e. The Hall–Kier alpha value is -2.80. The molecule has 1 saturated heterocycles. The van der Waals surface area contributed by atoms with Gasteiger partial charge in [-0.05, 0) is 0 Å². The SMILES string of the molecule is COP(=O)(OC)c1cn([C@@H]2O[C@H](COC(C)=O)[C@@H](OC(C)=O)[C@H]2OC(C)=O)c(=O)[nH]c1=O. The van der Waals surface area contributed by atoms with Gasteiger partial charge in [0, 0.05) is 41.2 Å². The van der Waals surface area contributed by atoms with E-state index in [0.717, 1.165) is 45.8 Å². The molecule has 0 saturated carbocycles. The number of ether oxygens (including phenoxy) is 4. The average molecular weight is 478 g/mol. The van der Waals surface area contributed by atoms with Gasteiger partial charge in [0.25, 0.3) is 5.56 Å². The molecule has 2 heterocycles. The molecular formula is C17H23N2O12P. The van der Waals surface area contributed by atoms with Crippen LogP contribution in [0.4, 0.5) is 0 Å². The molecule has 15 heteroatoms. The second kappa shape index (κ2) is 10.2. The number of hydrogen-bond acceptors (Lipinski definition) is 12. The number of rotatable bonds is 8. The molecule has 14 nitrogen and oxygen atoms in total. The Labute approximate surface area is 181 Å². The van der Waals surface area contributed by atoms with Crippen LogP contribution in [0.1, 0.15) is 27.0 Å². The highest BCUT2D eigenvalue weighted by atomic mass is 31.2. The fourth-order valence-electron chi connectivity index (χ4n) is 3.05. The number of H-pyrrole nitrogens is 1. The Balaban J connectivity index is 2.62. The molecular weight excluding hydrogens is 455 g/mol. The molecule has 0 radical (unpaired) electrons. The van der Waals surface area contributed by atoms with Crippen LogP contribution < -0.4 is 16.6 Å². The van der Waals surface area contributed by atoms with Crippen LogP contribution in [0.2, 0.25) is 0 Å². The minimum atomic E-state index is -4.11. The van der Waals surface area contributed by atoms with E-state index in [2.05, 4.69) is 0 Å². The first-order valence-electron chi connectivity index (χ1n) is 9.14. The summed E-state index contributed by atoms with van der Waals surface area (Å²) in [6.45, 7) is 2.91. The Morgan fingerprint density at radius 2 is 1.59 bits per heavy atom. The third-order valence-electron chi connectivity index (χ3n) is 4.34. The van der Waals surface area contributed by atoms with Gasteiger partial charge in [0.15, 0.2) is 18.4 Å². The summed E-state index contributed by atoms with van der Waals surface area (Å²) >= 11 is 0. The monoisotopic (exact) mass is 478 g/mol. The van der Waals surface area contributed by atoms with Crippen molar-refractivity contribution in [2.45, 2.75) is 45.3 Å². The van der Waals surface area contributed by atoms with Gasteiger partial charge in [-0.15, -0.1) is 0 Å². The van der Waals surface area contributed by atoms with Crippen LogP contribution in [0.25, 0.3) is 0 Å². The summed E-state index contributed by atoms with van der Waals surface area (Å²) in [5.41, 5.74) is -2.05. The molecule has 0 aliphatic carbocycles. The van der Waals surface area contributed by atoms with E-state index in [4.69, 9.17) is 28.0 Å². The van der Waals surface area contributed by atoms with Crippen molar-refractivity contribution in [2.24, 2.45) is 0 Å². The van der Waals surface area contributed by atoms with E-state index in [0.29, 0.717) is 0 Å². The summed E-state index contributed by atoms with van der Waals surface area (Å²) in [6, 6.07) is 0. The van der Waals surface area contributed by atoms with Crippen LogP contribution in [0.5, 0.6) is 0 Å². The van der Waals surface area contributed by atoms with Crippen LogP contribution in [0, 0.1) is 0 Å². The first-order chi connectivity index (χ1) is 14.9.